The summed E-state index contributed by atoms with van der Waals surface area (Å²) in [7, 11) is 0. The Labute approximate surface area is 113 Å². The van der Waals surface area contributed by atoms with Gasteiger partial charge in [-0.15, -0.1) is 11.3 Å². The highest BCUT2D eigenvalue weighted by molar-refractivity contribution is 7.10. The number of aliphatic hydroxyl groups excluding tert-OH is 1. The van der Waals surface area contributed by atoms with Crippen LogP contribution in [0.4, 0.5) is 5.69 Å². The van der Waals surface area contributed by atoms with E-state index in [2.05, 4.69) is 24.0 Å². The molecule has 0 bridgehead atoms. The maximum atomic E-state index is 10.1. The average Bonchev–Trinajstić information content (AvgIpc) is 2.94. The average molecular weight is 261 g/mol. The minimum Gasteiger partial charge on any atom is -0.388 e. The molecule has 1 unspecified atom stereocenters. The van der Waals surface area contributed by atoms with Crippen LogP contribution in [0.25, 0.3) is 0 Å². The Morgan fingerprint density at radius 1 is 1.17 bits per heavy atom. The van der Waals surface area contributed by atoms with Gasteiger partial charge in [-0.2, -0.15) is 0 Å². The summed E-state index contributed by atoms with van der Waals surface area (Å²) in [4.78, 5) is 3.34. The van der Waals surface area contributed by atoms with Crippen LogP contribution in [0, 0.1) is 0 Å². The van der Waals surface area contributed by atoms with Gasteiger partial charge in [-0.05, 0) is 36.9 Å². The fourth-order valence-electron chi connectivity index (χ4n) is 2.01. The molecule has 1 heterocycles. The molecule has 96 valence electrons. The molecule has 0 amide bonds. The molecule has 0 saturated heterocycles. The summed E-state index contributed by atoms with van der Waals surface area (Å²) in [5, 5.41) is 12.1. The van der Waals surface area contributed by atoms with Crippen LogP contribution in [0.3, 0.4) is 0 Å². The van der Waals surface area contributed by atoms with E-state index in [0.717, 1.165) is 24.4 Å². The summed E-state index contributed by atoms with van der Waals surface area (Å²) in [5.41, 5.74) is 1.22. The zero-order valence-corrected chi connectivity index (χ0v) is 11.4. The summed E-state index contributed by atoms with van der Waals surface area (Å²) < 4.78 is 0. The minimum absolute atomic E-state index is 0.345. The lowest BCUT2D eigenvalue weighted by Gasteiger charge is -2.24. The molecule has 2 nitrogen and oxygen atoms in total. The van der Waals surface area contributed by atoms with Gasteiger partial charge in [-0.1, -0.05) is 24.3 Å². The maximum absolute atomic E-state index is 10.1. The minimum atomic E-state index is -0.345. The molecule has 1 aromatic carbocycles. The summed E-state index contributed by atoms with van der Waals surface area (Å²) in [6, 6.07) is 14.3. The highest BCUT2D eigenvalue weighted by Gasteiger charge is 2.11. The molecule has 1 atom stereocenters. The van der Waals surface area contributed by atoms with Crippen LogP contribution in [-0.4, -0.2) is 18.2 Å². The van der Waals surface area contributed by atoms with Crippen molar-refractivity contribution in [3.05, 3.63) is 52.7 Å². The number of aliphatic hydroxyl groups is 1. The van der Waals surface area contributed by atoms with Crippen molar-refractivity contribution in [2.24, 2.45) is 0 Å². The van der Waals surface area contributed by atoms with Crippen molar-refractivity contribution < 1.29 is 5.11 Å². The van der Waals surface area contributed by atoms with Crippen LogP contribution in [0.15, 0.2) is 47.8 Å². The first-order chi connectivity index (χ1) is 8.81. The van der Waals surface area contributed by atoms with E-state index in [9.17, 15) is 5.11 Å². The SMILES string of the molecule is CCN(CCC(O)c1cccs1)c1ccccc1. The molecule has 0 radical (unpaired) electrons. The lowest BCUT2D eigenvalue weighted by Crippen LogP contribution is -2.25. The third-order valence-corrected chi connectivity index (χ3v) is 4.02. The van der Waals surface area contributed by atoms with E-state index in [-0.39, 0.29) is 6.10 Å². The molecule has 1 aromatic heterocycles. The van der Waals surface area contributed by atoms with Crippen LogP contribution in [-0.2, 0) is 0 Å². The number of hydrogen-bond donors (Lipinski definition) is 1. The van der Waals surface area contributed by atoms with Gasteiger partial charge in [0.1, 0.15) is 0 Å². The first-order valence-electron chi connectivity index (χ1n) is 6.32. The Morgan fingerprint density at radius 3 is 2.56 bits per heavy atom. The Bertz CT molecular complexity index is 441. The second-order valence-electron chi connectivity index (χ2n) is 4.24. The van der Waals surface area contributed by atoms with Crippen molar-refractivity contribution in [3.8, 4) is 0 Å². The van der Waals surface area contributed by atoms with Crippen LogP contribution >= 0.6 is 11.3 Å². The van der Waals surface area contributed by atoms with Crippen molar-refractivity contribution in [2.75, 3.05) is 18.0 Å². The van der Waals surface area contributed by atoms with Gasteiger partial charge in [0.15, 0.2) is 0 Å². The second kappa shape index (κ2) is 6.57. The molecule has 0 spiro atoms. The molecular formula is C15H19NOS. The molecule has 1 N–H and O–H groups in total. The third kappa shape index (κ3) is 3.34. The summed E-state index contributed by atoms with van der Waals surface area (Å²) in [5.74, 6) is 0. The van der Waals surface area contributed by atoms with E-state index in [1.54, 1.807) is 11.3 Å². The summed E-state index contributed by atoms with van der Waals surface area (Å²) in [6.07, 6.45) is 0.422. The molecule has 0 aliphatic carbocycles. The summed E-state index contributed by atoms with van der Waals surface area (Å²) >= 11 is 1.62. The zero-order valence-electron chi connectivity index (χ0n) is 10.6. The van der Waals surface area contributed by atoms with Crippen molar-refractivity contribution in [2.45, 2.75) is 19.4 Å². The van der Waals surface area contributed by atoms with E-state index < -0.39 is 0 Å². The van der Waals surface area contributed by atoms with Gasteiger partial charge in [0, 0.05) is 23.7 Å². The molecule has 0 fully saturated rings. The third-order valence-electron chi connectivity index (χ3n) is 3.05. The van der Waals surface area contributed by atoms with Crippen molar-refractivity contribution in [1.82, 2.24) is 0 Å². The van der Waals surface area contributed by atoms with Gasteiger partial charge in [0.05, 0.1) is 6.10 Å². The molecular weight excluding hydrogens is 242 g/mol. The van der Waals surface area contributed by atoms with E-state index >= 15 is 0 Å². The number of rotatable bonds is 6. The second-order valence-corrected chi connectivity index (χ2v) is 5.21. The Hall–Kier alpha value is -1.32. The quantitative estimate of drug-likeness (QED) is 0.857. The number of nitrogens with zero attached hydrogens (tertiary/aromatic N) is 1. The van der Waals surface area contributed by atoms with Crippen LogP contribution in [0.1, 0.15) is 24.3 Å². The molecule has 18 heavy (non-hydrogen) atoms. The first kappa shape index (κ1) is 13.1. The highest BCUT2D eigenvalue weighted by atomic mass is 32.1. The van der Waals surface area contributed by atoms with Crippen molar-refractivity contribution in [3.63, 3.8) is 0 Å². The largest absolute Gasteiger partial charge is 0.388 e. The van der Waals surface area contributed by atoms with Crippen LogP contribution in [0.2, 0.25) is 0 Å². The van der Waals surface area contributed by atoms with Gasteiger partial charge in [0.2, 0.25) is 0 Å². The lowest BCUT2D eigenvalue weighted by molar-refractivity contribution is 0.173. The topological polar surface area (TPSA) is 23.5 Å². The number of anilines is 1. The van der Waals surface area contributed by atoms with E-state index in [0.29, 0.717) is 0 Å². The van der Waals surface area contributed by atoms with Gasteiger partial charge in [-0.25, -0.2) is 0 Å². The fourth-order valence-corrected chi connectivity index (χ4v) is 2.76. The molecule has 0 aliphatic heterocycles. The molecule has 2 aromatic rings. The van der Waals surface area contributed by atoms with E-state index in [1.165, 1.54) is 5.69 Å². The summed E-state index contributed by atoms with van der Waals surface area (Å²) in [6.45, 7) is 3.98. The van der Waals surface area contributed by atoms with Crippen LogP contribution in [0.5, 0.6) is 0 Å². The monoisotopic (exact) mass is 261 g/mol. The Kier molecular flexibility index (Phi) is 4.79. The number of hydrogen-bond acceptors (Lipinski definition) is 3. The number of benzene rings is 1. The first-order valence-corrected chi connectivity index (χ1v) is 7.20. The van der Waals surface area contributed by atoms with Crippen LogP contribution < -0.4 is 4.90 Å². The predicted molar refractivity (Wildman–Crippen MR) is 78.2 cm³/mol. The molecule has 0 aliphatic rings. The van der Waals surface area contributed by atoms with Gasteiger partial charge < -0.3 is 10.0 Å². The van der Waals surface area contributed by atoms with Gasteiger partial charge in [0.25, 0.3) is 0 Å². The molecule has 0 saturated carbocycles. The Balaban J connectivity index is 1.92. The van der Waals surface area contributed by atoms with Gasteiger partial charge >= 0.3 is 0 Å². The van der Waals surface area contributed by atoms with E-state index in [4.69, 9.17) is 0 Å². The standard InChI is InChI=1S/C15H19NOS/c1-2-16(13-7-4-3-5-8-13)11-10-14(17)15-9-6-12-18-15/h3-9,12,14,17H,2,10-11H2,1H3. The highest BCUT2D eigenvalue weighted by Crippen LogP contribution is 2.23. The zero-order chi connectivity index (χ0) is 12.8. The number of para-hydroxylation sites is 1. The normalized spacial score (nSPS) is 12.3. The maximum Gasteiger partial charge on any atom is 0.0898 e. The van der Waals surface area contributed by atoms with Gasteiger partial charge in [-0.3, -0.25) is 0 Å². The predicted octanol–water partition coefficient (Wildman–Crippen LogP) is 3.70. The van der Waals surface area contributed by atoms with E-state index in [1.807, 2.05) is 35.7 Å². The smallest absolute Gasteiger partial charge is 0.0898 e. The number of thiophene rings is 1. The fraction of sp³-hybridized carbons (Fsp3) is 0.333. The lowest BCUT2D eigenvalue weighted by atomic mass is 10.2. The molecule has 3 heteroatoms. The Morgan fingerprint density at radius 2 is 1.94 bits per heavy atom. The van der Waals surface area contributed by atoms with Crippen molar-refractivity contribution >= 4 is 17.0 Å². The van der Waals surface area contributed by atoms with Crippen molar-refractivity contribution in [1.29, 1.82) is 0 Å². The molecule has 2 rings (SSSR count).